The summed E-state index contributed by atoms with van der Waals surface area (Å²) < 4.78 is 27.2. The minimum atomic E-state index is -3.83. The molecule has 2 N–H and O–H groups in total. The highest BCUT2D eigenvalue weighted by Crippen LogP contribution is 2.23. The second-order valence-electron chi connectivity index (χ2n) is 5.97. The van der Waals surface area contributed by atoms with E-state index < -0.39 is 15.9 Å². The van der Waals surface area contributed by atoms with E-state index in [4.69, 9.17) is 11.6 Å². The van der Waals surface area contributed by atoms with Crippen molar-refractivity contribution in [3.63, 3.8) is 0 Å². The average molecular weight is 437 g/mol. The minimum absolute atomic E-state index is 0.0108. The third-order valence-corrected chi connectivity index (χ3v) is 6.88. The van der Waals surface area contributed by atoms with Gasteiger partial charge in [0.1, 0.15) is 0 Å². The van der Waals surface area contributed by atoms with Crippen LogP contribution in [-0.2, 0) is 10.0 Å². The summed E-state index contributed by atoms with van der Waals surface area (Å²) in [5.41, 5.74) is 1.29. The Hall–Kier alpha value is -2.33. The van der Waals surface area contributed by atoms with Gasteiger partial charge in [-0.25, -0.2) is 13.1 Å². The highest BCUT2D eigenvalue weighted by atomic mass is 35.5. The van der Waals surface area contributed by atoms with Gasteiger partial charge in [-0.3, -0.25) is 10.1 Å². The molecule has 7 nitrogen and oxygen atoms in total. The lowest BCUT2D eigenvalue weighted by Gasteiger charge is -2.12. The molecule has 3 aromatic rings. The second kappa shape index (κ2) is 8.78. The number of benzene rings is 2. The smallest absolute Gasteiger partial charge is 0.269 e. The van der Waals surface area contributed by atoms with Crippen LogP contribution in [-0.4, -0.2) is 31.1 Å². The zero-order chi connectivity index (χ0) is 20.1. The van der Waals surface area contributed by atoms with E-state index in [2.05, 4.69) is 20.2 Å². The van der Waals surface area contributed by atoms with E-state index in [1.54, 1.807) is 24.3 Å². The average Bonchev–Trinajstić information content (AvgIpc) is 3.16. The molecule has 10 heteroatoms. The van der Waals surface area contributed by atoms with Gasteiger partial charge in [-0.15, -0.1) is 10.2 Å². The Morgan fingerprint density at radius 1 is 1.11 bits per heavy atom. The molecular formula is C18H17ClN4O3S2. The van der Waals surface area contributed by atoms with Gasteiger partial charge in [0.25, 0.3) is 15.9 Å². The Labute approximate surface area is 171 Å². The number of aromatic nitrogens is 2. The first-order valence-corrected chi connectivity index (χ1v) is 11.0. The zero-order valence-corrected chi connectivity index (χ0v) is 17.2. The number of rotatable bonds is 7. The van der Waals surface area contributed by atoms with Crippen LogP contribution in [0, 0.1) is 0 Å². The Kier molecular flexibility index (Phi) is 6.40. The van der Waals surface area contributed by atoms with Crippen molar-refractivity contribution in [3.05, 3.63) is 70.7 Å². The van der Waals surface area contributed by atoms with Crippen LogP contribution in [0.4, 0.5) is 5.13 Å². The van der Waals surface area contributed by atoms with Crippen LogP contribution >= 0.6 is 22.9 Å². The van der Waals surface area contributed by atoms with Crippen molar-refractivity contribution in [2.45, 2.75) is 17.2 Å². The van der Waals surface area contributed by atoms with Crippen molar-refractivity contribution < 1.29 is 13.2 Å². The monoisotopic (exact) mass is 436 g/mol. The molecule has 1 amide bonds. The zero-order valence-electron chi connectivity index (χ0n) is 14.8. The van der Waals surface area contributed by atoms with Crippen molar-refractivity contribution >= 4 is 44.0 Å². The summed E-state index contributed by atoms with van der Waals surface area (Å²) in [6.07, 6.45) is 0. The van der Waals surface area contributed by atoms with Crippen molar-refractivity contribution in [1.82, 2.24) is 14.9 Å². The summed E-state index contributed by atoms with van der Waals surface area (Å²) >= 11 is 6.75. The first kappa shape index (κ1) is 20.4. The van der Waals surface area contributed by atoms with E-state index in [9.17, 15) is 13.2 Å². The normalized spacial score (nSPS) is 12.5. The predicted octanol–water partition coefficient (Wildman–Crippen LogP) is 3.53. The molecule has 2 aromatic carbocycles. The number of carbonyl (C=O) groups is 1. The molecule has 0 bridgehead atoms. The van der Waals surface area contributed by atoms with Gasteiger partial charge in [0.2, 0.25) is 9.47 Å². The molecular weight excluding hydrogens is 420 g/mol. The number of amides is 1. The number of anilines is 1. The summed E-state index contributed by atoms with van der Waals surface area (Å²) in [5.74, 6) is -0.500. The van der Waals surface area contributed by atoms with Gasteiger partial charge < -0.3 is 0 Å². The number of nitrogens with one attached hydrogen (secondary N) is 2. The highest BCUT2D eigenvalue weighted by Gasteiger charge is 2.22. The number of nitrogens with zero attached hydrogens (tertiary/aromatic N) is 2. The Morgan fingerprint density at radius 3 is 2.50 bits per heavy atom. The third kappa shape index (κ3) is 4.93. The number of hydrogen-bond donors (Lipinski definition) is 2. The van der Waals surface area contributed by atoms with Crippen molar-refractivity contribution in [1.29, 1.82) is 0 Å². The molecule has 3 rings (SSSR count). The van der Waals surface area contributed by atoms with Crippen LogP contribution in [0.3, 0.4) is 0 Å². The maximum absolute atomic E-state index is 12.5. The second-order valence-corrected chi connectivity index (χ2v) is 9.30. The summed E-state index contributed by atoms with van der Waals surface area (Å²) in [6, 6.07) is 16.1. The number of hydrogen-bond acceptors (Lipinski definition) is 6. The van der Waals surface area contributed by atoms with Crippen molar-refractivity contribution in [2.24, 2.45) is 0 Å². The van der Waals surface area contributed by atoms with Crippen LogP contribution < -0.4 is 10.0 Å². The first-order valence-electron chi connectivity index (χ1n) is 8.31. The lowest BCUT2D eigenvalue weighted by atomic mass is 10.0. The topological polar surface area (TPSA) is 101 Å². The van der Waals surface area contributed by atoms with Gasteiger partial charge in [0.15, 0.2) is 0 Å². The molecule has 0 aliphatic rings. The molecule has 0 aliphatic carbocycles. The molecule has 1 aromatic heterocycles. The lowest BCUT2D eigenvalue weighted by Crippen LogP contribution is -2.27. The van der Waals surface area contributed by atoms with E-state index in [0.717, 1.165) is 16.9 Å². The molecule has 0 spiro atoms. The van der Waals surface area contributed by atoms with E-state index in [1.807, 2.05) is 37.3 Å². The molecule has 0 aliphatic heterocycles. The van der Waals surface area contributed by atoms with Crippen molar-refractivity contribution in [2.75, 3.05) is 11.9 Å². The first-order chi connectivity index (χ1) is 13.4. The summed E-state index contributed by atoms with van der Waals surface area (Å²) in [4.78, 5) is 12.2. The molecule has 0 saturated carbocycles. The van der Waals surface area contributed by atoms with Gasteiger partial charge in [-0.2, -0.15) is 0 Å². The maximum Gasteiger partial charge on any atom is 0.269 e. The van der Waals surface area contributed by atoms with E-state index >= 15 is 0 Å². The number of halogens is 1. The Balaban J connectivity index is 1.65. The number of sulfonamides is 1. The molecule has 146 valence electrons. The molecule has 1 atom stereocenters. The van der Waals surface area contributed by atoms with Gasteiger partial charge in [0.05, 0.1) is 10.6 Å². The Bertz CT molecular complexity index is 1070. The van der Waals surface area contributed by atoms with Gasteiger partial charge in [0, 0.05) is 6.54 Å². The fourth-order valence-electron chi connectivity index (χ4n) is 2.37. The predicted molar refractivity (Wildman–Crippen MR) is 109 cm³/mol. The fraction of sp³-hybridized carbons (Fsp3) is 0.167. The maximum atomic E-state index is 12.5. The van der Waals surface area contributed by atoms with Crippen LogP contribution in [0.1, 0.15) is 28.8 Å². The molecule has 0 fully saturated rings. The SMILES string of the molecule is CC(CNS(=O)(=O)c1nnc(NC(=O)c2ccccc2Cl)s1)c1ccccc1. The molecule has 1 heterocycles. The van der Waals surface area contributed by atoms with Crippen LogP contribution in [0.5, 0.6) is 0 Å². The minimum Gasteiger partial charge on any atom is -0.296 e. The summed E-state index contributed by atoms with van der Waals surface area (Å²) in [7, 11) is -3.83. The van der Waals surface area contributed by atoms with Gasteiger partial charge >= 0.3 is 0 Å². The quantitative estimate of drug-likeness (QED) is 0.552. The largest absolute Gasteiger partial charge is 0.296 e. The van der Waals surface area contributed by atoms with Gasteiger partial charge in [-0.1, -0.05) is 72.3 Å². The van der Waals surface area contributed by atoms with E-state index in [0.29, 0.717) is 0 Å². The third-order valence-electron chi connectivity index (χ3n) is 3.92. The van der Waals surface area contributed by atoms with Gasteiger partial charge in [-0.05, 0) is 23.6 Å². The van der Waals surface area contributed by atoms with Crippen LogP contribution in [0.15, 0.2) is 58.9 Å². The molecule has 0 saturated heterocycles. The van der Waals surface area contributed by atoms with E-state index in [-0.39, 0.29) is 32.5 Å². The molecule has 28 heavy (non-hydrogen) atoms. The standard InChI is InChI=1S/C18H17ClN4O3S2/c1-12(13-7-3-2-4-8-13)11-20-28(25,26)18-23-22-17(27-18)21-16(24)14-9-5-6-10-15(14)19/h2-10,12,20H,11H2,1H3,(H,21,22,24). The van der Waals surface area contributed by atoms with E-state index in [1.165, 1.54) is 0 Å². The van der Waals surface area contributed by atoms with Crippen molar-refractivity contribution in [3.8, 4) is 0 Å². The highest BCUT2D eigenvalue weighted by molar-refractivity contribution is 7.91. The molecule has 0 radical (unpaired) electrons. The lowest BCUT2D eigenvalue weighted by molar-refractivity contribution is 0.102. The van der Waals surface area contributed by atoms with Crippen LogP contribution in [0.2, 0.25) is 5.02 Å². The molecule has 1 unspecified atom stereocenters. The fourth-order valence-corrected chi connectivity index (χ4v) is 4.66. The summed E-state index contributed by atoms with van der Waals surface area (Å²) in [5, 5.41) is 10.3. The number of carbonyl (C=O) groups excluding carboxylic acids is 1. The Morgan fingerprint density at radius 2 is 1.79 bits per heavy atom. The van der Waals surface area contributed by atoms with Crippen LogP contribution in [0.25, 0.3) is 0 Å². The summed E-state index contributed by atoms with van der Waals surface area (Å²) in [6.45, 7) is 2.14.